The molecular weight excluding hydrogens is 182 g/mol. The van der Waals surface area contributed by atoms with Crippen LogP contribution in [0.3, 0.4) is 0 Å². The third-order valence-electron chi connectivity index (χ3n) is 1.90. The van der Waals surface area contributed by atoms with Crippen LogP contribution in [0.1, 0.15) is 19.8 Å². The molecule has 0 bridgehead atoms. The molecule has 0 aromatic rings. The van der Waals surface area contributed by atoms with Crippen molar-refractivity contribution in [3.05, 3.63) is 0 Å². The molecule has 0 N–H and O–H groups in total. The molecule has 0 aliphatic carbocycles. The number of rotatable bonds is 8. The van der Waals surface area contributed by atoms with Crippen LogP contribution in [0.5, 0.6) is 0 Å². The SMILES string of the molecule is CCOC(=O)CCCN(C)CCOC. The zero-order valence-electron chi connectivity index (χ0n) is 9.41. The standard InChI is InChI=1S/C10H21NO3/c1-4-14-10(12)6-5-7-11(2)8-9-13-3/h4-9H2,1-3H3. The van der Waals surface area contributed by atoms with Gasteiger partial charge in [-0.1, -0.05) is 0 Å². The van der Waals surface area contributed by atoms with E-state index in [4.69, 9.17) is 9.47 Å². The third kappa shape index (κ3) is 8.01. The van der Waals surface area contributed by atoms with E-state index >= 15 is 0 Å². The number of hydrogen-bond donors (Lipinski definition) is 0. The molecule has 4 heteroatoms. The number of methoxy groups -OCH3 is 1. The fourth-order valence-electron chi connectivity index (χ4n) is 1.09. The lowest BCUT2D eigenvalue weighted by atomic mass is 10.3. The first kappa shape index (κ1) is 13.4. The molecule has 0 fully saturated rings. The second-order valence-electron chi connectivity index (χ2n) is 3.20. The van der Waals surface area contributed by atoms with Crippen molar-refractivity contribution in [1.29, 1.82) is 0 Å². The van der Waals surface area contributed by atoms with E-state index in [1.54, 1.807) is 7.11 Å². The highest BCUT2D eigenvalue weighted by molar-refractivity contribution is 5.69. The van der Waals surface area contributed by atoms with Crippen molar-refractivity contribution < 1.29 is 14.3 Å². The van der Waals surface area contributed by atoms with Gasteiger partial charge in [-0.25, -0.2) is 0 Å². The van der Waals surface area contributed by atoms with Gasteiger partial charge < -0.3 is 14.4 Å². The van der Waals surface area contributed by atoms with E-state index < -0.39 is 0 Å². The van der Waals surface area contributed by atoms with E-state index in [1.807, 2.05) is 14.0 Å². The number of hydrogen-bond acceptors (Lipinski definition) is 4. The molecule has 0 heterocycles. The topological polar surface area (TPSA) is 38.8 Å². The molecule has 0 rings (SSSR count). The van der Waals surface area contributed by atoms with Gasteiger partial charge in [0.1, 0.15) is 0 Å². The lowest BCUT2D eigenvalue weighted by Gasteiger charge is -2.15. The minimum absolute atomic E-state index is 0.104. The van der Waals surface area contributed by atoms with Crippen LogP contribution >= 0.6 is 0 Å². The molecule has 0 spiro atoms. The summed E-state index contributed by atoms with van der Waals surface area (Å²) < 4.78 is 9.77. The maximum absolute atomic E-state index is 11.0. The van der Waals surface area contributed by atoms with E-state index in [2.05, 4.69) is 4.90 Å². The number of ether oxygens (including phenoxy) is 2. The number of carbonyl (C=O) groups excluding carboxylic acids is 1. The molecule has 0 amide bonds. The van der Waals surface area contributed by atoms with Crippen molar-refractivity contribution in [2.45, 2.75) is 19.8 Å². The summed E-state index contributed by atoms with van der Waals surface area (Å²) in [4.78, 5) is 13.1. The van der Waals surface area contributed by atoms with E-state index in [1.165, 1.54) is 0 Å². The molecule has 0 aromatic heterocycles. The Morgan fingerprint density at radius 3 is 2.64 bits per heavy atom. The Morgan fingerprint density at radius 2 is 2.07 bits per heavy atom. The monoisotopic (exact) mass is 203 g/mol. The highest BCUT2D eigenvalue weighted by atomic mass is 16.5. The summed E-state index contributed by atoms with van der Waals surface area (Å²) in [6.07, 6.45) is 1.35. The van der Waals surface area contributed by atoms with Crippen LogP contribution in [0.15, 0.2) is 0 Å². The minimum atomic E-state index is -0.104. The number of likely N-dealkylation sites (N-methyl/N-ethyl adjacent to an activating group) is 1. The average Bonchev–Trinajstić information content (AvgIpc) is 2.15. The molecule has 0 saturated heterocycles. The minimum Gasteiger partial charge on any atom is -0.466 e. The van der Waals surface area contributed by atoms with Crippen LogP contribution in [0, 0.1) is 0 Å². The molecule has 84 valence electrons. The van der Waals surface area contributed by atoms with Crippen molar-refractivity contribution >= 4 is 5.97 Å². The number of carbonyl (C=O) groups is 1. The average molecular weight is 203 g/mol. The van der Waals surface area contributed by atoms with Crippen molar-refractivity contribution in [3.8, 4) is 0 Å². The lowest BCUT2D eigenvalue weighted by molar-refractivity contribution is -0.143. The van der Waals surface area contributed by atoms with Crippen molar-refractivity contribution in [2.75, 3.05) is 40.5 Å². The van der Waals surface area contributed by atoms with Crippen molar-refractivity contribution in [3.63, 3.8) is 0 Å². The molecule has 0 saturated carbocycles. The van der Waals surface area contributed by atoms with Crippen LogP contribution in [0.2, 0.25) is 0 Å². The normalized spacial score (nSPS) is 10.6. The second kappa shape index (κ2) is 8.97. The van der Waals surface area contributed by atoms with Gasteiger partial charge in [0.2, 0.25) is 0 Å². The Kier molecular flexibility index (Phi) is 8.57. The van der Waals surface area contributed by atoms with E-state index in [0.29, 0.717) is 13.0 Å². The van der Waals surface area contributed by atoms with Gasteiger partial charge in [-0.3, -0.25) is 4.79 Å². The van der Waals surface area contributed by atoms with Gasteiger partial charge in [0.15, 0.2) is 0 Å². The Balaban J connectivity index is 3.29. The molecule has 14 heavy (non-hydrogen) atoms. The van der Waals surface area contributed by atoms with Gasteiger partial charge in [-0.05, 0) is 26.9 Å². The first-order valence-electron chi connectivity index (χ1n) is 5.03. The highest BCUT2D eigenvalue weighted by Gasteiger charge is 2.02. The predicted octanol–water partition coefficient (Wildman–Crippen LogP) is 0.908. The molecule has 0 unspecified atom stereocenters. The Bertz CT molecular complexity index is 150. The summed E-state index contributed by atoms with van der Waals surface area (Å²) in [5.41, 5.74) is 0. The molecule has 0 aromatic carbocycles. The molecule has 0 radical (unpaired) electrons. The lowest BCUT2D eigenvalue weighted by Crippen LogP contribution is -2.24. The van der Waals surface area contributed by atoms with E-state index in [9.17, 15) is 4.79 Å². The maximum atomic E-state index is 11.0. The highest BCUT2D eigenvalue weighted by Crippen LogP contribution is 1.95. The largest absolute Gasteiger partial charge is 0.466 e. The van der Waals surface area contributed by atoms with Crippen molar-refractivity contribution in [2.24, 2.45) is 0 Å². The summed E-state index contributed by atoms with van der Waals surface area (Å²) in [5.74, 6) is -0.104. The number of nitrogens with zero attached hydrogens (tertiary/aromatic N) is 1. The third-order valence-corrected chi connectivity index (χ3v) is 1.90. The summed E-state index contributed by atoms with van der Waals surface area (Å²) in [6, 6.07) is 0. The van der Waals surface area contributed by atoms with Gasteiger partial charge in [-0.15, -0.1) is 0 Å². The molecule has 0 aliphatic rings. The summed E-state index contributed by atoms with van der Waals surface area (Å²) >= 11 is 0. The van der Waals surface area contributed by atoms with Gasteiger partial charge in [0.25, 0.3) is 0 Å². The first-order chi connectivity index (χ1) is 6.70. The van der Waals surface area contributed by atoms with E-state index in [0.717, 1.165) is 26.1 Å². The number of esters is 1. The van der Waals surface area contributed by atoms with Crippen LogP contribution < -0.4 is 0 Å². The van der Waals surface area contributed by atoms with Gasteiger partial charge in [0, 0.05) is 20.1 Å². The maximum Gasteiger partial charge on any atom is 0.305 e. The van der Waals surface area contributed by atoms with Gasteiger partial charge in [0.05, 0.1) is 13.2 Å². The predicted molar refractivity (Wildman–Crippen MR) is 55.2 cm³/mol. The second-order valence-corrected chi connectivity index (χ2v) is 3.20. The summed E-state index contributed by atoms with van der Waals surface area (Å²) in [6.45, 7) is 4.83. The fraction of sp³-hybridized carbons (Fsp3) is 0.900. The van der Waals surface area contributed by atoms with E-state index in [-0.39, 0.29) is 5.97 Å². The van der Waals surface area contributed by atoms with Gasteiger partial charge >= 0.3 is 5.97 Å². The van der Waals surface area contributed by atoms with Crippen LogP contribution in [-0.4, -0.2) is 51.3 Å². The van der Waals surface area contributed by atoms with Crippen LogP contribution in [-0.2, 0) is 14.3 Å². The summed E-state index contributed by atoms with van der Waals surface area (Å²) in [7, 11) is 3.70. The smallest absolute Gasteiger partial charge is 0.305 e. The molecular formula is C10H21NO3. The Hall–Kier alpha value is -0.610. The quantitative estimate of drug-likeness (QED) is 0.550. The fourth-order valence-corrected chi connectivity index (χ4v) is 1.09. The summed E-state index contributed by atoms with van der Waals surface area (Å²) in [5, 5.41) is 0. The Morgan fingerprint density at radius 1 is 1.36 bits per heavy atom. The zero-order valence-corrected chi connectivity index (χ0v) is 9.41. The zero-order chi connectivity index (χ0) is 10.8. The van der Waals surface area contributed by atoms with Crippen molar-refractivity contribution in [1.82, 2.24) is 4.90 Å². The molecule has 4 nitrogen and oxygen atoms in total. The molecule has 0 aliphatic heterocycles. The first-order valence-corrected chi connectivity index (χ1v) is 5.03. The van der Waals surface area contributed by atoms with Gasteiger partial charge in [-0.2, -0.15) is 0 Å². The van der Waals surface area contributed by atoms with Crippen LogP contribution in [0.25, 0.3) is 0 Å². The molecule has 0 atom stereocenters. The Labute approximate surface area is 86.2 Å². The van der Waals surface area contributed by atoms with Crippen LogP contribution in [0.4, 0.5) is 0 Å².